The summed E-state index contributed by atoms with van der Waals surface area (Å²) < 4.78 is 33.9. The lowest BCUT2D eigenvalue weighted by atomic mass is 10.3. The average molecular weight is 406 g/mol. The Kier molecular flexibility index (Phi) is 5.73. The van der Waals surface area contributed by atoms with Crippen molar-refractivity contribution < 1.29 is 17.9 Å². The molecule has 2 aromatic carbocycles. The van der Waals surface area contributed by atoms with Crippen LogP contribution >= 0.6 is 11.3 Å². The van der Waals surface area contributed by atoms with E-state index in [1.807, 2.05) is 24.3 Å². The Labute approximate surface area is 161 Å². The molecule has 0 unspecified atom stereocenters. The number of ether oxygens (including phenoxy) is 1. The van der Waals surface area contributed by atoms with Crippen LogP contribution in [0.1, 0.15) is 11.9 Å². The van der Waals surface area contributed by atoms with Crippen LogP contribution in [-0.2, 0) is 21.2 Å². The van der Waals surface area contributed by atoms with Crippen LogP contribution in [0.4, 0.5) is 5.69 Å². The highest BCUT2D eigenvalue weighted by Gasteiger charge is 2.17. The van der Waals surface area contributed by atoms with Gasteiger partial charge >= 0.3 is 0 Å². The van der Waals surface area contributed by atoms with E-state index in [4.69, 9.17) is 4.74 Å². The van der Waals surface area contributed by atoms with Gasteiger partial charge in [-0.2, -0.15) is 0 Å². The number of sulfonamides is 1. The molecule has 0 aliphatic carbocycles. The van der Waals surface area contributed by atoms with E-state index in [9.17, 15) is 13.2 Å². The maximum atomic E-state index is 12.6. The number of benzene rings is 2. The average Bonchev–Trinajstić information content (AvgIpc) is 3.03. The highest BCUT2D eigenvalue weighted by atomic mass is 32.2. The fourth-order valence-electron chi connectivity index (χ4n) is 2.54. The van der Waals surface area contributed by atoms with E-state index in [-0.39, 0.29) is 17.3 Å². The Hall–Kier alpha value is -2.49. The smallest absolute Gasteiger partial charge is 0.240 e. The first kappa shape index (κ1) is 19.3. The summed E-state index contributed by atoms with van der Waals surface area (Å²) >= 11 is 1.55. The van der Waals surface area contributed by atoms with Crippen LogP contribution in [0.3, 0.4) is 0 Å². The van der Waals surface area contributed by atoms with Crippen molar-refractivity contribution in [1.29, 1.82) is 0 Å². The first-order valence-corrected chi connectivity index (χ1v) is 10.5. The van der Waals surface area contributed by atoms with Gasteiger partial charge in [0.1, 0.15) is 5.75 Å². The molecule has 0 saturated heterocycles. The number of hydrogen-bond acceptors (Lipinski definition) is 6. The van der Waals surface area contributed by atoms with Crippen LogP contribution in [0.25, 0.3) is 10.2 Å². The number of amides is 1. The van der Waals surface area contributed by atoms with Gasteiger partial charge in [0, 0.05) is 19.9 Å². The van der Waals surface area contributed by atoms with Crippen molar-refractivity contribution in [3.8, 4) is 5.75 Å². The van der Waals surface area contributed by atoms with Crippen LogP contribution in [0.2, 0.25) is 0 Å². The maximum Gasteiger partial charge on any atom is 0.240 e. The number of nitrogens with zero attached hydrogens (tertiary/aromatic N) is 1. The number of methoxy groups -OCH3 is 1. The predicted molar refractivity (Wildman–Crippen MR) is 106 cm³/mol. The number of nitrogens with one attached hydrogen (secondary N) is 2. The first-order chi connectivity index (χ1) is 12.9. The quantitative estimate of drug-likeness (QED) is 0.630. The zero-order chi connectivity index (χ0) is 19.4. The molecule has 0 saturated carbocycles. The number of carbonyl (C=O) groups is 1. The van der Waals surface area contributed by atoms with Crippen molar-refractivity contribution in [2.45, 2.75) is 18.2 Å². The minimum absolute atomic E-state index is 0.0522. The fourth-order valence-corrected chi connectivity index (χ4v) is 4.57. The number of aromatic nitrogens is 1. The fraction of sp³-hybridized carbons (Fsp3) is 0.222. The third-order valence-electron chi connectivity index (χ3n) is 3.76. The maximum absolute atomic E-state index is 12.6. The molecule has 1 heterocycles. The van der Waals surface area contributed by atoms with Gasteiger partial charge in [0.05, 0.1) is 32.9 Å². The highest BCUT2D eigenvalue weighted by molar-refractivity contribution is 7.89. The van der Waals surface area contributed by atoms with Crippen molar-refractivity contribution in [2.75, 3.05) is 19.0 Å². The molecule has 0 spiro atoms. The van der Waals surface area contributed by atoms with Crippen LogP contribution in [0.15, 0.2) is 47.4 Å². The van der Waals surface area contributed by atoms with Gasteiger partial charge in [0.2, 0.25) is 15.9 Å². The van der Waals surface area contributed by atoms with E-state index < -0.39 is 10.0 Å². The molecular weight excluding hydrogens is 386 g/mol. The largest absolute Gasteiger partial charge is 0.495 e. The number of thiazole rings is 1. The second-order valence-electron chi connectivity index (χ2n) is 5.77. The number of carbonyl (C=O) groups excluding carboxylic acids is 1. The monoisotopic (exact) mass is 405 g/mol. The van der Waals surface area contributed by atoms with Gasteiger partial charge in [-0.3, -0.25) is 4.79 Å². The minimum Gasteiger partial charge on any atom is -0.495 e. The normalized spacial score (nSPS) is 11.5. The first-order valence-electron chi connectivity index (χ1n) is 8.19. The number of rotatable bonds is 7. The Morgan fingerprint density at radius 3 is 2.70 bits per heavy atom. The third kappa shape index (κ3) is 4.62. The van der Waals surface area contributed by atoms with E-state index in [1.165, 1.54) is 32.2 Å². The molecule has 0 radical (unpaired) electrons. The van der Waals surface area contributed by atoms with Crippen LogP contribution < -0.4 is 14.8 Å². The second kappa shape index (κ2) is 8.03. The summed E-state index contributed by atoms with van der Waals surface area (Å²) in [5.41, 5.74) is 1.22. The molecule has 3 aromatic rings. The SMILES string of the molecule is COc1ccc(S(=O)(=O)NCCc2nc3ccccc3s2)cc1NC(C)=O. The summed E-state index contributed by atoms with van der Waals surface area (Å²) in [5.74, 6) is 0.0743. The zero-order valence-electron chi connectivity index (χ0n) is 14.9. The van der Waals surface area contributed by atoms with Gasteiger partial charge in [0.25, 0.3) is 0 Å². The molecule has 2 N–H and O–H groups in total. The second-order valence-corrected chi connectivity index (χ2v) is 8.65. The topological polar surface area (TPSA) is 97.4 Å². The Bertz CT molecular complexity index is 1040. The molecule has 142 valence electrons. The van der Waals surface area contributed by atoms with Crippen molar-refractivity contribution in [3.05, 3.63) is 47.5 Å². The van der Waals surface area contributed by atoms with E-state index in [1.54, 1.807) is 11.3 Å². The van der Waals surface area contributed by atoms with Crippen LogP contribution in [-0.4, -0.2) is 33.0 Å². The van der Waals surface area contributed by atoms with E-state index >= 15 is 0 Å². The lowest BCUT2D eigenvalue weighted by Gasteiger charge is -2.12. The summed E-state index contributed by atoms with van der Waals surface area (Å²) in [6, 6.07) is 12.1. The third-order valence-corrected chi connectivity index (χ3v) is 6.32. The van der Waals surface area contributed by atoms with Gasteiger partial charge in [-0.05, 0) is 30.3 Å². The Morgan fingerprint density at radius 2 is 2.00 bits per heavy atom. The van der Waals surface area contributed by atoms with Crippen molar-refractivity contribution in [1.82, 2.24) is 9.71 Å². The molecule has 0 atom stereocenters. The lowest BCUT2D eigenvalue weighted by molar-refractivity contribution is -0.114. The zero-order valence-corrected chi connectivity index (χ0v) is 16.5. The molecule has 9 heteroatoms. The molecule has 0 aliphatic heterocycles. The van der Waals surface area contributed by atoms with Crippen LogP contribution in [0, 0.1) is 0 Å². The standard InChI is InChI=1S/C18H19N3O4S2/c1-12(22)20-15-11-13(7-8-16(15)25-2)27(23,24)19-10-9-18-21-14-5-3-4-6-17(14)26-18/h3-8,11,19H,9-10H2,1-2H3,(H,20,22). The summed E-state index contributed by atoms with van der Waals surface area (Å²) in [6.07, 6.45) is 0.493. The predicted octanol–water partition coefficient (Wildman–Crippen LogP) is 2.78. The summed E-state index contributed by atoms with van der Waals surface area (Å²) in [4.78, 5) is 15.9. The Balaban J connectivity index is 1.71. The van der Waals surface area contributed by atoms with Gasteiger partial charge in [0.15, 0.2) is 0 Å². The number of hydrogen-bond donors (Lipinski definition) is 2. The summed E-state index contributed by atoms with van der Waals surface area (Å²) in [7, 11) is -2.27. The van der Waals surface area contributed by atoms with Gasteiger partial charge < -0.3 is 10.1 Å². The van der Waals surface area contributed by atoms with E-state index in [0.717, 1.165) is 15.2 Å². The van der Waals surface area contributed by atoms with Gasteiger partial charge in [-0.1, -0.05) is 12.1 Å². The minimum atomic E-state index is -3.72. The Morgan fingerprint density at radius 1 is 1.22 bits per heavy atom. The molecule has 0 bridgehead atoms. The molecule has 1 aromatic heterocycles. The summed E-state index contributed by atoms with van der Waals surface area (Å²) in [6.45, 7) is 1.57. The molecule has 7 nitrogen and oxygen atoms in total. The molecule has 0 fully saturated rings. The highest BCUT2D eigenvalue weighted by Crippen LogP contribution is 2.27. The molecule has 27 heavy (non-hydrogen) atoms. The van der Waals surface area contributed by atoms with Crippen molar-refractivity contribution in [3.63, 3.8) is 0 Å². The van der Waals surface area contributed by atoms with Crippen molar-refractivity contribution >= 4 is 43.2 Å². The van der Waals surface area contributed by atoms with E-state index in [2.05, 4.69) is 15.0 Å². The molecule has 3 rings (SSSR count). The lowest BCUT2D eigenvalue weighted by Crippen LogP contribution is -2.26. The van der Waals surface area contributed by atoms with E-state index in [0.29, 0.717) is 17.9 Å². The van der Waals surface area contributed by atoms with Gasteiger partial charge in [-0.15, -0.1) is 11.3 Å². The number of fused-ring (bicyclic) bond motifs is 1. The van der Waals surface area contributed by atoms with Crippen molar-refractivity contribution in [2.24, 2.45) is 0 Å². The van der Waals surface area contributed by atoms with Gasteiger partial charge in [-0.25, -0.2) is 18.1 Å². The number of para-hydroxylation sites is 1. The molecule has 0 aliphatic rings. The molecular formula is C18H19N3O4S2. The summed E-state index contributed by atoms with van der Waals surface area (Å²) in [5, 5.41) is 3.44. The number of anilines is 1. The van der Waals surface area contributed by atoms with Crippen LogP contribution in [0.5, 0.6) is 5.75 Å². The molecule has 1 amide bonds.